The minimum Gasteiger partial charge on any atom is -0.370 e. The van der Waals surface area contributed by atoms with Crippen LogP contribution in [0.4, 0.5) is 5.82 Å². The number of aromatic nitrogens is 4. The molecule has 1 amide bonds. The van der Waals surface area contributed by atoms with Gasteiger partial charge in [-0.1, -0.05) is 52.8 Å². The van der Waals surface area contributed by atoms with Crippen LogP contribution >= 0.6 is 0 Å². The summed E-state index contributed by atoms with van der Waals surface area (Å²) >= 11 is 0. The Morgan fingerprint density at radius 1 is 1.00 bits per heavy atom. The second kappa shape index (κ2) is 10.4. The first-order valence-corrected chi connectivity index (χ1v) is 12.3. The van der Waals surface area contributed by atoms with Gasteiger partial charge in [0.1, 0.15) is 12.1 Å². The van der Waals surface area contributed by atoms with Crippen LogP contribution in [0, 0.1) is 5.92 Å². The van der Waals surface area contributed by atoms with Crippen molar-refractivity contribution < 1.29 is 4.79 Å². The average molecular weight is 483 g/mol. The maximum absolute atomic E-state index is 12.3. The Kier molecular flexibility index (Phi) is 7.29. The van der Waals surface area contributed by atoms with E-state index in [0.717, 1.165) is 45.8 Å². The van der Waals surface area contributed by atoms with Crippen molar-refractivity contribution in [3.63, 3.8) is 0 Å². The third kappa shape index (κ3) is 5.35. The fourth-order valence-corrected chi connectivity index (χ4v) is 4.25. The Balaban J connectivity index is 1.49. The maximum atomic E-state index is 12.3. The molecule has 0 radical (unpaired) electrons. The number of benzene rings is 1. The van der Waals surface area contributed by atoms with E-state index in [9.17, 15) is 4.79 Å². The van der Waals surface area contributed by atoms with Crippen molar-refractivity contribution in [2.75, 3.05) is 18.9 Å². The van der Waals surface area contributed by atoms with Crippen LogP contribution in [-0.2, 0) is 5.41 Å². The molecular weight excluding hydrogens is 448 g/mol. The van der Waals surface area contributed by atoms with Crippen LogP contribution in [0.5, 0.6) is 0 Å². The Morgan fingerprint density at radius 3 is 2.50 bits per heavy atom. The molecule has 3 heterocycles. The lowest BCUT2D eigenvalue weighted by Crippen LogP contribution is -2.19. The van der Waals surface area contributed by atoms with Crippen molar-refractivity contribution in [1.82, 2.24) is 25.3 Å². The molecule has 0 fully saturated rings. The highest BCUT2D eigenvalue weighted by Crippen LogP contribution is 2.31. The van der Waals surface area contributed by atoms with E-state index in [1.165, 1.54) is 0 Å². The summed E-state index contributed by atoms with van der Waals surface area (Å²) in [6.45, 7) is 11.6. The highest BCUT2D eigenvalue weighted by atomic mass is 16.1. The van der Waals surface area contributed by atoms with Crippen LogP contribution in [0.2, 0.25) is 0 Å². The van der Waals surface area contributed by atoms with Gasteiger partial charge in [0.15, 0.2) is 0 Å². The molecular formula is C29H34N6O. The van der Waals surface area contributed by atoms with Crippen molar-refractivity contribution in [1.29, 1.82) is 0 Å². The van der Waals surface area contributed by atoms with Gasteiger partial charge in [-0.2, -0.15) is 0 Å². The lowest BCUT2D eigenvalue weighted by Gasteiger charge is -2.22. The number of nitrogens with zero attached hydrogens (tertiary/aromatic N) is 4. The number of para-hydroxylation sites is 1. The molecule has 1 aromatic carbocycles. The zero-order chi connectivity index (χ0) is 25.9. The molecule has 0 spiro atoms. The van der Waals surface area contributed by atoms with Crippen LogP contribution in [-0.4, -0.2) is 39.4 Å². The first-order valence-electron chi connectivity index (χ1n) is 12.3. The van der Waals surface area contributed by atoms with E-state index < -0.39 is 0 Å². The van der Waals surface area contributed by atoms with Crippen LogP contribution < -0.4 is 10.6 Å². The van der Waals surface area contributed by atoms with Crippen molar-refractivity contribution in [3.8, 4) is 11.3 Å². The number of nitrogens with one attached hydrogen (secondary N) is 2. The Bertz CT molecular complexity index is 1360. The number of anilines is 1. The van der Waals surface area contributed by atoms with Gasteiger partial charge in [-0.25, -0.2) is 9.97 Å². The second-order valence-corrected chi connectivity index (χ2v) is 10.3. The van der Waals surface area contributed by atoms with Crippen LogP contribution in [0.1, 0.15) is 62.2 Å². The summed E-state index contributed by atoms with van der Waals surface area (Å²) in [5, 5.41) is 7.06. The van der Waals surface area contributed by atoms with Gasteiger partial charge < -0.3 is 10.6 Å². The average Bonchev–Trinajstić information content (AvgIpc) is 2.90. The molecule has 7 nitrogen and oxygen atoms in total. The molecule has 4 rings (SSSR count). The largest absolute Gasteiger partial charge is 0.370 e. The molecule has 0 aliphatic heterocycles. The van der Waals surface area contributed by atoms with Gasteiger partial charge in [0.05, 0.1) is 16.8 Å². The highest BCUT2D eigenvalue weighted by molar-refractivity contribution is 6.06. The molecule has 1 unspecified atom stereocenters. The van der Waals surface area contributed by atoms with Gasteiger partial charge in [-0.3, -0.25) is 14.8 Å². The fraction of sp³-hybridized carbons (Fsp3) is 0.345. The first kappa shape index (κ1) is 25.2. The summed E-state index contributed by atoms with van der Waals surface area (Å²) in [4.78, 5) is 30.4. The predicted molar refractivity (Wildman–Crippen MR) is 145 cm³/mol. The monoisotopic (exact) mass is 482 g/mol. The van der Waals surface area contributed by atoms with E-state index in [0.29, 0.717) is 5.56 Å². The Hall–Kier alpha value is -3.87. The van der Waals surface area contributed by atoms with E-state index in [1.54, 1.807) is 25.6 Å². The molecule has 2 atom stereocenters. The van der Waals surface area contributed by atoms with Crippen LogP contribution in [0.3, 0.4) is 0 Å². The summed E-state index contributed by atoms with van der Waals surface area (Å²) in [6.07, 6.45) is 5.16. The molecule has 186 valence electrons. The minimum absolute atomic E-state index is 0.00728. The van der Waals surface area contributed by atoms with Crippen molar-refractivity contribution in [3.05, 3.63) is 78.0 Å². The fourth-order valence-electron chi connectivity index (χ4n) is 4.25. The van der Waals surface area contributed by atoms with Crippen LogP contribution in [0.25, 0.3) is 22.2 Å². The third-order valence-corrected chi connectivity index (χ3v) is 6.72. The number of hydrogen-bond donors (Lipinski definition) is 2. The summed E-state index contributed by atoms with van der Waals surface area (Å²) in [7, 11) is 1.64. The number of carbonyl (C=O) groups excluding carboxylic acids is 1. The number of rotatable bonds is 7. The molecule has 2 N–H and O–H groups in total. The number of fused-ring (bicyclic) bond motifs is 1. The molecule has 0 aliphatic rings. The highest BCUT2D eigenvalue weighted by Gasteiger charge is 2.20. The number of hydrogen-bond acceptors (Lipinski definition) is 6. The summed E-state index contributed by atoms with van der Waals surface area (Å²) in [6, 6.07) is 13.9. The van der Waals surface area contributed by atoms with Crippen molar-refractivity contribution in [2.24, 2.45) is 5.92 Å². The van der Waals surface area contributed by atoms with Gasteiger partial charge in [0.25, 0.3) is 5.91 Å². The van der Waals surface area contributed by atoms with Crippen molar-refractivity contribution >= 4 is 22.6 Å². The van der Waals surface area contributed by atoms with E-state index in [4.69, 9.17) is 0 Å². The van der Waals surface area contributed by atoms with Gasteiger partial charge >= 0.3 is 0 Å². The normalized spacial score (nSPS) is 13.3. The molecule has 4 aromatic rings. The van der Waals surface area contributed by atoms with Gasteiger partial charge in [-0.05, 0) is 35.6 Å². The first-order chi connectivity index (χ1) is 17.2. The molecule has 0 saturated heterocycles. The van der Waals surface area contributed by atoms with Gasteiger partial charge in [0.2, 0.25) is 0 Å². The zero-order valence-corrected chi connectivity index (χ0v) is 21.8. The van der Waals surface area contributed by atoms with Crippen LogP contribution in [0.15, 0.2) is 61.2 Å². The number of pyridine rings is 2. The van der Waals surface area contributed by atoms with Gasteiger partial charge in [0, 0.05) is 54.1 Å². The minimum atomic E-state index is -0.107. The summed E-state index contributed by atoms with van der Waals surface area (Å²) in [5.74, 6) is 1.16. The van der Waals surface area contributed by atoms with Gasteiger partial charge in [-0.15, -0.1) is 0 Å². The molecule has 0 saturated carbocycles. The topological polar surface area (TPSA) is 92.7 Å². The van der Waals surface area contributed by atoms with E-state index >= 15 is 0 Å². The lowest BCUT2D eigenvalue weighted by atomic mass is 9.87. The molecule has 0 bridgehead atoms. The lowest BCUT2D eigenvalue weighted by molar-refractivity contribution is 0.0964. The SMILES string of the molecule is CNC(=O)c1ccnc2c(C(C)[C@H](C)CNc3cc(-c4ccc(C(C)(C)C)nc4)ncn3)cccc12. The Labute approximate surface area is 212 Å². The predicted octanol–water partition coefficient (Wildman–Crippen LogP) is 5.60. The Morgan fingerprint density at radius 2 is 1.81 bits per heavy atom. The quantitative estimate of drug-likeness (QED) is 0.356. The standard InChI is InChI=1S/C29H34N6O/c1-18(19(2)21-8-7-9-22-23(28(36)30-6)12-13-31-27(21)22)15-33-26-14-24(34-17-35-26)20-10-11-25(32-16-20)29(3,4)5/h7-14,16-19H,15H2,1-6H3,(H,30,36)(H,33,34,35)/t18-,19?/m1/s1. The molecule has 3 aromatic heterocycles. The summed E-state index contributed by atoms with van der Waals surface area (Å²) < 4.78 is 0. The van der Waals surface area contributed by atoms with E-state index in [-0.39, 0.29) is 23.2 Å². The van der Waals surface area contributed by atoms with Crippen molar-refractivity contribution in [2.45, 2.75) is 46.0 Å². The smallest absolute Gasteiger partial charge is 0.251 e. The van der Waals surface area contributed by atoms with E-state index in [1.807, 2.05) is 24.4 Å². The molecule has 7 heteroatoms. The summed E-state index contributed by atoms with van der Waals surface area (Å²) in [5.41, 5.74) is 5.49. The maximum Gasteiger partial charge on any atom is 0.251 e. The van der Waals surface area contributed by atoms with E-state index in [2.05, 4.69) is 83.4 Å². The zero-order valence-electron chi connectivity index (χ0n) is 21.8. The second-order valence-electron chi connectivity index (χ2n) is 10.3. The number of amides is 1. The third-order valence-electron chi connectivity index (χ3n) is 6.72. The molecule has 0 aliphatic carbocycles. The number of carbonyl (C=O) groups is 1. The molecule has 36 heavy (non-hydrogen) atoms.